The van der Waals surface area contributed by atoms with Crippen molar-refractivity contribution in [3.63, 3.8) is 0 Å². The van der Waals surface area contributed by atoms with Crippen molar-refractivity contribution in [3.8, 4) is 6.07 Å². The fraction of sp³-hybridized carbons (Fsp3) is 0.556. The van der Waals surface area contributed by atoms with Crippen LogP contribution in [0.15, 0.2) is 35.3 Å². The van der Waals surface area contributed by atoms with Gasteiger partial charge in [-0.3, -0.25) is 0 Å². The Kier molecular flexibility index (Phi) is 2.88. The maximum atomic E-state index is 9.59. The first kappa shape index (κ1) is 12.1. The SMILES string of the molecule is N#CC(=Nc1ccccc1)C1C2CC3CC(C2)CC1C3. The minimum atomic E-state index is 0.438. The molecule has 0 N–H and O–H groups in total. The third-order valence-corrected chi connectivity index (χ3v) is 5.66. The predicted octanol–water partition coefficient (Wildman–Crippen LogP) is 4.35. The van der Waals surface area contributed by atoms with E-state index < -0.39 is 0 Å². The van der Waals surface area contributed by atoms with E-state index in [0.29, 0.717) is 5.92 Å². The van der Waals surface area contributed by atoms with Gasteiger partial charge in [-0.25, -0.2) is 4.99 Å². The molecule has 0 heterocycles. The van der Waals surface area contributed by atoms with Crippen LogP contribution in [0.25, 0.3) is 0 Å². The Morgan fingerprint density at radius 1 is 0.950 bits per heavy atom. The third kappa shape index (κ3) is 1.97. The highest BCUT2D eigenvalue weighted by atomic mass is 14.8. The highest BCUT2D eigenvalue weighted by molar-refractivity contribution is 6.02. The van der Waals surface area contributed by atoms with Crippen LogP contribution in [0, 0.1) is 40.9 Å². The second-order valence-electron chi connectivity index (χ2n) is 6.90. The van der Waals surface area contributed by atoms with Gasteiger partial charge in [-0.15, -0.1) is 0 Å². The zero-order chi connectivity index (χ0) is 13.5. The Morgan fingerprint density at radius 3 is 2.10 bits per heavy atom. The maximum absolute atomic E-state index is 9.59. The van der Waals surface area contributed by atoms with Crippen LogP contribution in [0.3, 0.4) is 0 Å². The first-order valence-corrected chi connectivity index (χ1v) is 7.87. The van der Waals surface area contributed by atoms with Crippen molar-refractivity contribution in [3.05, 3.63) is 30.3 Å². The van der Waals surface area contributed by atoms with Crippen molar-refractivity contribution in [2.45, 2.75) is 32.1 Å². The Bertz CT molecular complexity index is 539. The second kappa shape index (κ2) is 4.74. The van der Waals surface area contributed by atoms with Gasteiger partial charge in [0.15, 0.2) is 0 Å². The van der Waals surface area contributed by atoms with E-state index in [1.54, 1.807) is 0 Å². The lowest BCUT2D eigenvalue weighted by molar-refractivity contribution is -0.00769. The summed E-state index contributed by atoms with van der Waals surface area (Å²) in [6.07, 6.45) is 6.82. The van der Waals surface area contributed by atoms with E-state index in [-0.39, 0.29) is 0 Å². The molecule has 2 heteroatoms. The standard InChI is InChI=1S/C18H20N2/c19-11-17(20-16-4-2-1-3-5-16)18-14-7-12-6-13(9-14)10-15(18)8-12/h1-5,12-15,18H,6-10H2. The molecule has 1 aromatic carbocycles. The highest BCUT2D eigenvalue weighted by Crippen LogP contribution is 2.56. The van der Waals surface area contributed by atoms with Crippen LogP contribution in [0.5, 0.6) is 0 Å². The van der Waals surface area contributed by atoms with Crippen LogP contribution >= 0.6 is 0 Å². The number of aliphatic imine (C=N–C) groups is 1. The molecule has 4 bridgehead atoms. The molecule has 4 fully saturated rings. The summed E-state index contributed by atoms with van der Waals surface area (Å²) in [4.78, 5) is 4.68. The molecule has 0 spiro atoms. The van der Waals surface area contributed by atoms with Gasteiger partial charge >= 0.3 is 0 Å². The van der Waals surface area contributed by atoms with Crippen LogP contribution in [-0.4, -0.2) is 5.71 Å². The quantitative estimate of drug-likeness (QED) is 0.731. The summed E-state index contributed by atoms with van der Waals surface area (Å²) in [5, 5.41) is 9.59. The molecule has 1 aromatic rings. The first-order chi connectivity index (χ1) is 9.83. The molecule has 0 atom stereocenters. The smallest absolute Gasteiger partial charge is 0.122 e. The van der Waals surface area contributed by atoms with Crippen molar-refractivity contribution in [2.75, 3.05) is 0 Å². The summed E-state index contributed by atoms with van der Waals surface area (Å²) in [7, 11) is 0. The third-order valence-electron chi connectivity index (χ3n) is 5.66. The fourth-order valence-electron chi connectivity index (χ4n) is 5.19. The zero-order valence-corrected chi connectivity index (χ0v) is 11.7. The molecule has 5 rings (SSSR count). The van der Waals surface area contributed by atoms with Gasteiger partial charge in [-0.05, 0) is 67.9 Å². The van der Waals surface area contributed by atoms with Crippen molar-refractivity contribution >= 4 is 11.4 Å². The van der Waals surface area contributed by atoms with E-state index in [1.807, 2.05) is 30.3 Å². The molecule has 0 aliphatic heterocycles. The molecule has 2 nitrogen and oxygen atoms in total. The van der Waals surface area contributed by atoms with Crippen LogP contribution in [0.2, 0.25) is 0 Å². The van der Waals surface area contributed by atoms with Gasteiger partial charge in [0.2, 0.25) is 0 Å². The summed E-state index contributed by atoms with van der Waals surface area (Å²) in [5.74, 6) is 3.80. The normalized spacial score (nSPS) is 38.8. The Hall–Kier alpha value is -1.62. The monoisotopic (exact) mass is 264 g/mol. The van der Waals surface area contributed by atoms with Crippen LogP contribution in [0.1, 0.15) is 32.1 Å². The molecule has 4 aliphatic rings. The summed E-state index contributed by atoms with van der Waals surface area (Å²) >= 11 is 0. The average Bonchev–Trinajstić information content (AvgIpc) is 2.46. The van der Waals surface area contributed by atoms with Crippen LogP contribution < -0.4 is 0 Å². The number of nitrogens with zero attached hydrogens (tertiary/aromatic N) is 2. The van der Waals surface area contributed by atoms with Gasteiger partial charge in [0, 0.05) is 5.92 Å². The highest BCUT2D eigenvalue weighted by Gasteiger charge is 2.49. The average molecular weight is 264 g/mol. The second-order valence-corrected chi connectivity index (χ2v) is 6.90. The fourth-order valence-corrected chi connectivity index (χ4v) is 5.19. The Morgan fingerprint density at radius 2 is 1.55 bits per heavy atom. The minimum Gasteiger partial charge on any atom is -0.242 e. The topological polar surface area (TPSA) is 36.1 Å². The van der Waals surface area contributed by atoms with Gasteiger partial charge in [-0.2, -0.15) is 5.26 Å². The summed E-state index contributed by atoms with van der Waals surface area (Å²) in [5.41, 5.74) is 1.72. The van der Waals surface area contributed by atoms with Gasteiger partial charge in [0.05, 0.1) is 5.69 Å². The molecule has 4 aliphatic carbocycles. The predicted molar refractivity (Wildman–Crippen MR) is 79.7 cm³/mol. The number of hydrogen-bond donors (Lipinski definition) is 0. The van der Waals surface area contributed by atoms with Crippen molar-refractivity contribution < 1.29 is 0 Å². The Balaban J connectivity index is 1.66. The Labute approximate surface area is 120 Å². The molecule has 0 aromatic heterocycles. The lowest BCUT2D eigenvalue weighted by Gasteiger charge is -2.54. The number of benzene rings is 1. The van der Waals surface area contributed by atoms with E-state index >= 15 is 0 Å². The van der Waals surface area contributed by atoms with Crippen LogP contribution in [-0.2, 0) is 0 Å². The molecule has 102 valence electrons. The van der Waals surface area contributed by atoms with Crippen molar-refractivity contribution in [2.24, 2.45) is 34.6 Å². The number of nitriles is 1. The molecule has 0 amide bonds. The molecule has 0 unspecified atom stereocenters. The zero-order valence-electron chi connectivity index (χ0n) is 11.7. The van der Waals surface area contributed by atoms with E-state index in [4.69, 9.17) is 0 Å². The van der Waals surface area contributed by atoms with Crippen molar-refractivity contribution in [1.82, 2.24) is 0 Å². The summed E-state index contributed by atoms with van der Waals surface area (Å²) < 4.78 is 0. The van der Waals surface area contributed by atoms with E-state index in [9.17, 15) is 5.26 Å². The van der Waals surface area contributed by atoms with Gasteiger partial charge in [0.25, 0.3) is 0 Å². The first-order valence-electron chi connectivity index (χ1n) is 7.87. The molecular weight excluding hydrogens is 244 g/mol. The summed E-state index contributed by atoms with van der Waals surface area (Å²) in [6.45, 7) is 0. The minimum absolute atomic E-state index is 0.438. The molecule has 20 heavy (non-hydrogen) atoms. The molecule has 0 radical (unpaired) electrons. The largest absolute Gasteiger partial charge is 0.242 e. The van der Waals surface area contributed by atoms with Crippen LogP contribution in [0.4, 0.5) is 5.69 Å². The molecule has 0 saturated heterocycles. The number of para-hydroxylation sites is 1. The number of hydrogen-bond acceptors (Lipinski definition) is 2. The van der Waals surface area contributed by atoms with E-state index in [2.05, 4.69) is 11.1 Å². The van der Waals surface area contributed by atoms with E-state index in [1.165, 1.54) is 32.1 Å². The van der Waals surface area contributed by atoms with E-state index in [0.717, 1.165) is 35.1 Å². The molecule has 4 saturated carbocycles. The van der Waals surface area contributed by atoms with Gasteiger partial charge in [0.1, 0.15) is 11.8 Å². The lowest BCUT2D eigenvalue weighted by Crippen LogP contribution is -2.47. The van der Waals surface area contributed by atoms with Gasteiger partial charge in [-0.1, -0.05) is 18.2 Å². The van der Waals surface area contributed by atoms with Crippen molar-refractivity contribution in [1.29, 1.82) is 5.26 Å². The molecular formula is C18H20N2. The summed E-state index contributed by atoms with van der Waals surface area (Å²) in [6, 6.07) is 12.4. The maximum Gasteiger partial charge on any atom is 0.122 e. The lowest BCUT2D eigenvalue weighted by atomic mass is 9.51. The number of rotatable bonds is 2. The van der Waals surface area contributed by atoms with Gasteiger partial charge < -0.3 is 0 Å².